The van der Waals surface area contributed by atoms with Gasteiger partial charge in [0.25, 0.3) is 0 Å². The second-order valence-electron chi connectivity index (χ2n) is 7.06. The van der Waals surface area contributed by atoms with Crippen LogP contribution in [0.5, 0.6) is 5.75 Å². The monoisotopic (exact) mass is 396 g/mol. The van der Waals surface area contributed by atoms with Crippen LogP contribution in [0.15, 0.2) is 60.7 Å². The third-order valence-electron chi connectivity index (χ3n) is 4.83. The highest BCUT2D eigenvalue weighted by atomic mass is 16.5. The van der Waals surface area contributed by atoms with E-state index in [1.54, 1.807) is 4.90 Å². The number of piperazine rings is 1. The van der Waals surface area contributed by atoms with E-state index in [1.807, 2.05) is 77.5 Å². The van der Waals surface area contributed by atoms with Gasteiger partial charge >= 0.3 is 6.03 Å². The summed E-state index contributed by atoms with van der Waals surface area (Å²) < 4.78 is 5.68. The van der Waals surface area contributed by atoms with Gasteiger partial charge in [-0.15, -0.1) is 0 Å². The van der Waals surface area contributed by atoms with Gasteiger partial charge in [-0.3, -0.25) is 9.69 Å². The molecule has 0 spiro atoms. The molecule has 7 heteroatoms. The molecule has 1 fully saturated rings. The number of ether oxygens (including phenoxy) is 1. The molecule has 1 N–H and O–H groups in total. The highest BCUT2D eigenvalue weighted by Crippen LogP contribution is 2.10. The molecule has 0 aliphatic carbocycles. The minimum absolute atomic E-state index is 0.0790. The lowest BCUT2D eigenvalue weighted by atomic mass is 10.3. The molecule has 0 radical (unpaired) electrons. The van der Waals surface area contributed by atoms with E-state index in [9.17, 15) is 9.59 Å². The number of carbonyl (C=O) groups excluding carboxylic acids is 2. The zero-order valence-corrected chi connectivity index (χ0v) is 16.8. The lowest BCUT2D eigenvalue weighted by Crippen LogP contribution is -2.53. The number of carbonyl (C=O) groups is 2. The Hall–Kier alpha value is -3.06. The van der Waals surface area contributed by atoms with Crippen molar-refractivity contribution in [2.45, 2.75) is 0 Å². The number of rotatable bonds is 7. The quantitative estimate of drug-likeness (QED) is 0.780. The summed E-state index contributed by atoms with van der Waals surface area (Å²) in [5, 5.41) is 2.89. The number of para-hydroxylation sites is 2. The predicted octanol–water partition coefficient (Wildman–Crippen LogP) is 2.37. The van der Waals surface area contributed by atoms with Crippen LogP contribution in [0.1, 0.15) is 0 Å². The number of amides is 3. The number of likely N-dealkylation sites (N-methyl/N-ethyl adjacent to an activating group) is 1. The zero-order valence-electron chi connectivity index (χ0n) is 16.8. The highest BCUT2D eigenvalue weighted by molar-refractivity contribution is 5.89. The molecule has 2 aromatic carbocycles. The molecule has 0 aromatic heterocycles. The molecule has 1 heterocycles. The molecule has 0 unspecified atom stereocenters. The Kier molecular flexibility index (Phi) is 7.47. The van der Waals surface area contributed by atoms with Crippen molar-refractivity contribution in [1.29, 1.82) is 0 Å². The Morgan fingerprint density at radius 2 is 1.52 bits per heavy atom. The van der Waals surface area contributed by atoms with Crippen LogP contribution in [0.3, 0.4) is 0 Å². The van der Waals surface area contributed by atoms with E-state index in [4.69, 9.17) is 4.74 Å². The summed E-state index contributed by atoms with van der Waals surface area (Å²) in [5.41, 5.74) is 0.773. The van der Waals surface area contributed by atoms with Crippen LogP contribution in [0, 0.1) is 0 Å². The van der Waals surface area contributed by atoms with E-state index in [-0.39, 0.29) is 11.9 Å². The second kappa shape index (κ2) is 10.5. The minimum atomic E-state index is -0.126. The van der Waals surface area contributed by atoms with Gasteiger partial charge in [-0.05, 0) is 31.3 Å². The van der Waals surface area contributed by atoms with Gasteiger partial charge < -0.3 is 19.9 Å². The third-order valence-corrected chi connectivity index (χ3v) is 4.83. The number of hydrogen-bond donors (Lipinski definition) is 1. The maximum Gasteiger partial charge on any atom is 0.321 e. The summed E-state index contributed by atoms with van der Waals surface area (Å²) >= 11 is 0. The molecule has 7 nitrogen and oxygen atoms in total. The van der Waals surface area contributed by atoms with Gasteiger partial charge in [0.15, 0.2) is 0 Å². The first-order chi connectivity index (χ1) is 14.1. The molecule has 2 aromatic rings. The molecular weight excluding hydrogens is 368 g/mol. The fourth-order valence-electron chi connectivity index (χ4n) is 3.13. The normalized spacial score (nSPS) is 14.0. The SMILES string of the molecule is CN(CCOc1ccccc1)CC(=O)N1CCN(C(=O)Nc2ccccc2)CC1. The number of hydrogen-bond acceptors (Lipinski definition) is 4. The summed E-state index contributed by atoms with van der Waals surface area (Å²) in [4.78, 5) is 30.4. The van der Waals surface area contributed by atoms with Gasteiger partial charge in [-0.1, -0.05) is 36.4 Å². The Morgan fingerprint density at radius 3 is 2.17 bits per heavy atom. The van der Waals surface area contributed by atoms with Crippen LogP contribution in [0.25, 0.3) is 0 Å². The van der Waals surface area contributed by atoms with Crippen LogP contribution in [-0.4, -0.2) is 79.6 Å². The summed E-state index contributed by atoms with van der Waals surface area (Å²) in [5.74, 6) is 0.910. The molecule has 1 aliphatic rings. The lowest BCUT2D eigenvalue weighted by Gasteiger charge is -2.35. The maximum atomic E-state index is 12.5. The van der Waals surface area contributed by atoms with Crippen molar-refractivity contribution in [2.75, 3.05) is 58.2 Å². The van der Waals surface area contributed by atoms with Gasteiger partial charge in [-0.2, -0.15) is 0 Å². The van der Waals surface area contributed by atoms with Crippen LogP contribution in [0.4, 0.5) is 10.5 Å². The molecule has 1 saturated heterocycles. The summed E-state index contributed by atoms with van der Waals surface area (Å²) in [6, 6.07) is 18.9. The first-order valence-corrected chi connectivity index (χ1v) is 9.87. The smallest absolute Gasteiger partial charge is 0.321 e. The van der Waals surface area contributed by atoms with Gasteiger partial charge in [0.05, 0.1) is 6.54 Å². The molecule has 0 atom stereocenters. The molecule has 0 bridgehead atoms. The Morgan fingerprint density at radius 1 is 0.931 bits per heavy atom. The number of benzene rings is 2. The molecule has 154 valence electrons. The van der Waals surface area contributed by atoms with Gasteiger partial charge in [0.2, 0.25) is 5.91 Å². The van der Waals surface area contributed by atoms with Crippen molar-refractivity contribution < 1.29 is 14.3 Å². The molecule has 3 rings (SSSR count). The van der Waals surface area contributed by atoms with Crippen LogP contribution < -0.4 is 10.1 Å². The number of nitrogens with one attached hydrogen (secondary N) is 1. The third kappa shape index (κ3) is 6.50. The molecule has 29 heavy (non-hydrogen) atoms. The van der Waals surface area contributed by atoms with E-state index < -0.39 is 0 Å². The van der Waals surface area contributed by atoms with E-state index in [0.29, 0.717) is 45.9 Å². The Balaban J connectivity index is 1.35. The average molecular weight is 396 g/mol. The van der Waals surface area contributed by atoms with Crippen molar-refractivity contribution in [3.05, 3.63) is 60.7 Å². The summed E-state index contributed by atoms with van der Waals surface area (Å²) in [7, 11) is 1.91. The van der Waals surface area contributed by atoms with E-state index >= 15 is 0 Å². The van der Waals surface area contributed by atoms with Crippen LogP contribution in [0.2, 0.25) is 0 Å². The molecule has 1 aliphatic heterocycles. The van der Waals surface area contributed by atoms with Gasteiger partial charge in [0, 0.05) is 38.4 Å². The minimum Gasteiger partial charge on any atom is -0.492 e. The van der Waals surface area contributed by atoms with Crippen molar-refractivity contribution in [3.8, 4) is 5.75 Å². The van der Waals surface area contributed by atoms with Crippen molar-refractivity contribution in [2.24, 2.45) is 0 Å². The fourth-order valence-corrected chi connectivity index (χ4v) is 3.13. The van der Waals surface area contributed by atoms with Crippen LogP contribution >= 0.6 is 0 Å². The Bertz CT molecular complexity index is 777. The standard InChI is InChI=1S/C22H28N4O3/c1-24(16-17-29-20-10-6-3-7-11-20)18-21(27)25-12-14-26(15-13-25)22(28)23-19-8-4-2-5-9-19/h2-11H,12-18H2,1H3,(H,23,28). The number of nitrogens with zero attached hydrogens (tertiary/aromatic N) is 3. The van der Waals surface area contributed by atoms with Gasteiger partial charge in [0.1, 0.15) is 12.4 Å². The molecule has 0 saturated carbocycles. The average Bonchev–Trinajstić information content (AvgIpc) is 2.75. The second-order valence-corrected chi connectivity index (χ2v) is 7.06. The molecule has 3 amide bonds. The summed E-state index contributed by atoms with van der Waals surface area (Å²) in [6.45, 7) is 3.71. The summed E-state index contributed by atoms with van der Waals surface area (Å²) in [6.07, 6.45) is 0. The van der Waals surface area contributed by atoms with Crippen LogP contribution in [-0.2, 0) is 4.79 Å². The van der Waals surface area contributed by atoms with Gasteiger partial charge in [-0.25, -0.2) is 4.79 Å². The predicted molar refractivity (Wildman–Crippen MR) is 113 cm³/mol. The molecular formula is C22H28N4O3. The highest BCUT2D eigenvalue weighted by Gasteiger charge is 2.24. The van der Waals surface area contributed by atoms with E-state index in [1.165, 1.54) is 0 Å². The number of anilines is 1. The van der Waals surface area contributed by atoms with Crippen molar-refractivity contribution >= 4 is 17.6 Å². The Labute approximate surface area is 171 Å². The fraction of sp³-hybridized carbons (Fsp3) is 0.364. The maximum absolute atomic E-state index is 12.5. The van der Waals surface area contributed by atoms with E-state index in [0.717, 1.165) is 11.4 Å². The number of urea groups is 1. The zero-order chi connectivity index (χ0) is 20.5. The van der Waals surface area contributed by atoms with E-state index in [2.05, 4.69) is 5.32 Å². The first-order valence-electron chi connectivity index (χ1n) is 9.87. The lowest BCUT2D eigenvalue weighted by molar-refractivity contribution is -0.133. The topological polar surface area (TPSA) is 65.1 Å². The largest absolute Gasteiger partial charge is 0.492 e. The first kappa shape index (κ1) is 20.7. The van der Waals surface area contributed by atoms with Crippen molar-refractivity contribution in [1.82, 2.24) is 14.7 Å². The van der Waals surface area contributed by atoms with Crippen molar-refractivity contribution in [3.63, 3.8) is 0 Å².